The van der Waals surface area contributed by atoms with Gasteiger partial charge in [-0.05, 0) is 32.4 Å². The van der Waals surface area contributed by atoms with E-state index in [1.165, 1.54) is 19.1 Å². The molecule has 0 bridgehead atoms. The molecule has 170 valence electrons. The molecule has 0 fully saturated rings. The van der Waals surface area contributed by atoms with Gasteiger partial charge in [0.2, 0.25) is 11.6 Å². The van der Waals surface area contributed by atoms with Crippen LogP contribution in [0.15, 0.2) is 33.6 Å². The number of rotatable bonds is 6. The lowest BCUT2D eigenvalue weighted by Gasteiger charge is -2.21. The minimum Gasteiger partial charge on any atom is -0.461 e. The average Bonchev–Trinajstić information content (AvgIpc) is 3.14. The van der Waals surface area contributed by atoms with Crippen molar-refractivity contribution < 1.29 is 32.0 Å². The first-order valence-electron chi connectivity index (χ1n) is 9.62. The number of para-hydroxylation sites is 1. The van der Waals surface area contributed by atoms with Crippen molar-refractivity contribution in [3.05, 3.63) is 51.7 Å². The number of amides is 1. The van der Waals surface area contributed by atoms with Crippen LogP contribution in [0.3, 0.4) is 0 Å². The molecule has 2 heterocycles. The summed E-state index contributed by atoms with van der Waals surface area (Å²) in [6.07, 6.45) is -4.64. The molecule has 1 aromatic carbocycles. The maximum absolute atomic E-state index is 13.3. The van der Waals surface area contributed by atoms with Crippen LogP contribution >= 0.6 is 0 Å². The van der Waals surface area contributed by atoms with Crippen molar-refractivity contribution >= 4 is 28.7 Å². The molecule has 0 spiro atoms. The van der Waals surface area contributed by atoms with Crippen LogP contribution in [0.1, 0.15) is 48.2 Å². The van der Waals surface area contributed by atoms with Crippen LogP contribution in [0.25, 0.3) is 11.1 Å². The molecule has 2 aromatic heterocycles. The summed E-state index contributed by atoms with van der Waals surface area (Å²) in [4.78, 5) is 42.3. The number of aromatic nitrogens is 3. The van der Waals surface area contributed by atoms with Gasteiger partial charge in [-0.15, -0.1) is 0 Å². The normalized spacial score (nSPS) is 12.6. The van der Waals surface area contributed by atoms with E-state index in [-0.39, 0.29) is 30.0 Å². The fraction of sp³-hybridized carbons (Fsp3) is 0.350. The molecule has 1 amide bonds. The molecule has 12 heteroatoms. The minimum atomic E-state index is -4.68. The molecule has 0 saturated carbocycles. The third kappa shape index (κ3) is 4.20. The summed E-state index contributed by atoms with van der Waals surface area (Å²) in [7, 11) is 0. The summed E-state index contributed by atoms with van der Waals surface area (Å²) < 4.78 is 50.6. The Morgan fingerprint density at radius 1 is 1.25 bits per heavy atom. The smallest absolute Gasteiger partial charge is 0.418 e. The summed E-state index contributed by atoms with van der Waals surface area (Å²) in [6, 6.07) is 3.28. The lowest BCUT2D eigenvalue weighted by atomic mass is 10.1. The second-order valence-electron chi connectivity index (χ2n) is 6.72. The van der Waals surface area contributed by atoms with Crippen molar-refractivity contribution in [2.24, 2.45) is 0 Å². The number of carbonyl (C=O) groups excluding carboxylic acids is 2. The molecule has 0 unspecified atom stereocenters. The number of esters is 1. The number of fused-ring (bicyclic) bond motifs is 1. The van der Waals surface area contributed by atoms with E-state index in [4.69, 9.17) is 9.26 Å². The van der Waals surface area contributed by atoms with Crippen molar-refractivity contribution in [1.82, 2.24) is 14.7 Å². The predicted octanol–water partition coefficient (Wildman–Crippen LogP) is 3.48. The molecule has 0 saturated heterocycles. The number of aryl methyl sites for hydroxylation is 1. The van der Waals surface area contributed by atoms with Gasteiger partial charge in [-0.1, -0.05) is 24.2 Å². The Balaban J connectivity index is 2.07. The van der Waals surface area contributed by atoms with Crippen LogP contribution < -0.4 is 10.9 Å². The first-order chi connectivity index (χ1) is 15.1. The second kappa shape index (κ2) is 8.81. The van der Waals surface area contributed by atoms with Gasteiger partial charge in [-0.2, -0.15) is 18.2 Å². The molecular weight excluding hydrogens is 433 g/mol. The quantitative estimate of drug-likeness (QED) is 0.569. The maximum atomic E-state index is 13.3. The first kappa shape index (κ1) is 23.0. The predicted molar refractivity (Wildman–Crippen MR) is 106 cm³/mol. The number of carbonyl (C=O) groups is 2. The van der Waals surface area contributed by atoms with Crippen LogP contribution in [-0.2, 0) is 15.7 Å². The van der Waals surface area contributed by atoms with Crippen LogP contribution in [-0.4, -0.2) is 33.2 Å². The van der Waals surface area contributed by atoms with Crippen molar-refractivity contribution in [3.8, 4) is 0 Å². The Hall–Kier alpha value is -3.70. The molecule has 1 N–H and O–H groups in total. The number of nitrogens with one attached hydrogen (secondary N) is 1. The lowest BCUT2D eigenvalue weighted by molar-refractivity contribution is -0.137. The van der Waals surface area contributed by atoms with Gasteiger partial charge in [0, 0.05) is 0 Å². The Morgan fingerprint density at radius 3 is 2.56 bits per heavy atom. The van der Waals surface area contributed by atoms with E-state index >= 15 is 0 Å². The van der Waals surface area contributed by atoms with Gasteiger partial charge >= 0.3 is 12.1 Å². The summed E-state index contributed by atoms with van der Waals surface area (Å²) in [6.45, 7) is 4.60. The molecule has 0 aliphatic rings. The molecule has 0 aliphatic heterocycles. The van der Waals surface area contributed by atoms with Crippen LogP contribution in [0.5, 0.6) is 0 Å². The fourth-order valence-corrected chi connectivity index (χ4v) is 3.27. The van der Waals surface area contributed by atoms with E-state index in [1.807, 2.05) is 0 Å². The highest BCUT2D eigenvalue weighted by atomic mass is 19.4. The third-order valence-electron chi connectivity index (χ3n) is 4.68. The Labute approximate surface area is 179 Å². The van der Waals surface area contributed by atoms with Gasteiger partial charge in [0.1, 0.15) is 17.3 Å². The number of nitrogens with zero attached hydrogens (tertiary/aromatic N) is 3. The molecular formula is C20H19F3N4O5. The summed E-state index contributed by atoms with van der Waals surface area (Å²) in [5.41, 5.74) is -2.89. The number of halogens is 3. The SMILES string of the molecule is CCOC(=O)c1noc2nc(C)n([C@H](CC)C(=O)Nc3ccccc3C(F)(F)F)c(=O)c12. The molecule has 0 aliphatic carbocycles. The Kier molecular flexibility index (Phi) is 6.32. The molecule has 0 radical (unpaired) electrons. The zero-order chi connectivity index (χ0) is 23.6. The van der Waals surface area contributed by atoms with Gasteiger partial charge in [0.15, 0.2) is 0 Å². The van der Waals surface area contributed by atoms with E-state index < -0.39 is 46.6 Å². The average molecular weight is 452 g/mol. The number of alkyl halides is 3. The highest BCUT2D eigenvalue weighted by Gasteiger charge is 2.35. The van der Waals surface area contributed by atoms with Crippen molar-refractivity contribution in [3.63, 3.8) is 0 Å². The number of anilines is 1. The Morgan fingerprint density at radius 2 is 1.94 bits per heavy atom. The van der Waals surface area contributed by atoms with Gasteiger partial charge in [-0.3, -0.25) is 14.2 Å². The monoisotopic (exact) mass is 452 g/mol. The van der Waals surface area contributed by atoms with Crippen molar-refractivity contribution in [2.75, 3.05) is 11.9 Å². The zero-order valence-electron chi connectivity index (χ0n) is 17.3. The molecule has 9 nitrogen and oxygen atoms in total. The second-order valence-corrected chi connectivity index (χ2v) is 6.72. The van der Waals surface area contributed by atoms with E-state index in [0.717, 1.165) is 16.7 Å². The van der Waals surface area contributed by atoms with Crippen LogP contribution in [0, 0.1) is 6.92 Å². The summed E-state index contributed by atoms with van der Waals surface area (Å²) >= 11 is 0. The topological polar surface area (TPSA) is 116 Å². The molecule has 32 heavy (non-hydrogen) atoms. The highest BCUT2D eigenvalue weighted by molar-refractivity contribution is 6.00. The van der Waals surface area contributed by atoms with Gasteiger partial charge in [0.05, 0.1) is 17.9 Å². The lowest BCUT2D eigenvalue weighted by Crippen LogP contribution is -2.35. The number of ether oxygens (including phenoxy) is 1. The van der Waals surface area contributed by atoms with E-state index in [9.17, 15) is 27.6 Å². The molecule has 3 aromatic rings. The largest absolute Gasteiger partial charge is 0.461 e. The maximum Gasteiger partial charge on any atom is 0.418 e. The number of hydrogen-bond donors (Lipinski definition) is 1. The number of benzene rings is 1. The van der Waals surface area contributed by atoms with Crippen molar-refractivity contribution in [1.29, 1.82) is 0 Å². The molecule has 3 rings (SSSR count). The summed E-state index contributed by atoms with van der Waals surface area (Å²) in [5.74, 6) is -1.71. The third-order valence-corrected chi connectivity index (χ3v) is 4.68. The zero-order valence-corrected chi connectivity index (χ0v) is 17.3. The van der Waals surface area contributed by atoms with Gasteiger partial charge in [0.25, 0.3) is 11.3 Å². The molecule has 1 atom stereocenters. The fourth-order valence-electron chi connectivity index (χ4n) is 3.27. The van der Waals surface area contributed by atoms with Gasteiger partial charge in [-0.25, -0.2) is 4.79 Å². The van der Waals surface area contributed by atoms with E-state index in [0.29, 0.717) is 0 Å². The Bertz CT molecular complexity index is 1230. The minimum absolute atomic E-state index is 0.0271. The summed E-state index contributed by atoms with van der Waals surface area (Å²) in [5, 5.41) is 5.50. The van der Waals surface area contributed by atoms with E-state index in [2.05, 4.69) is 15.5 Å². The van der Waals surface area contributed by atoms with Crippen molar-refractivity contribution in [2.45, 2.75) is 39.4 Å². The standard InChI is InChI=1S/C20H19F3N4O5/c1-4-13(16(28)25-12-9-7-6-8-11(12)20(21,22)23)27-10(3)24-17-14(18(27)29)15(26-32-17)19(30)31-5-2/h6-9,13H,4-5H2,1-3H3,(H,25,28)/t13-/m1/s1. The highest BCUT2D eigenvalue weighted by Crippen LogP contribution is 2.35. The van der Waals surface area contributed by atoms with Crippen LogP contribution in [0.4, 0.5) is 18.9 Å². The van der Waals surface area contributed by atoms with E-state index in [1.54, 1.807) is 13.8 Å². The van der Waals surface area contributed by atoms with Crippen LogP contribution in [0.2, 0.25) is 0 Å². The first-order valence-corrected chi connectivity index (χ1v) is 9.62. The number of hydrogen-bond acceptors (Lipinski definition) is 7. The van der Waals surface area contributed by atoms with Gasteiger partial charge < -0.3 is 14.6 Å².